The van der Waals surface area contributed by atoms with Crippen LogP contribution in [0.5, 0.6) is 0 Å². The highest BCUT2D eigenvalue weighted by atomic mass is 32.2. The van der Waals surface area contributed by atoms with Gasteiger partial charge < -0.3 is 10.6 Å². The number of hydrogen-bond acceptors (Lipinski definition) is 6. The van der Waals surface area contributed by atoms with E-state index in [2.05, 4.69) is 25.1 Å². The molecule has 0 radical (unpaired) electrons. The molecule has 3 N–H and O–H groups in total. The molecule has 1 saturated heterocycles. The third-order valence-electron chi connectivity index (χ3n) is 2.62. The maximum atomic E-state index is 5.69. The van der Waals surface area contributed by atoms with Crippen LogP contribution in [0.2, 0.25) is 0 Å². The molecule has 0 aliphatic carbocycles. The van der Waals surface area contributed by atoms with Crippen molar-refractivity contribution in [2.75, 3.05) is 35.2 Å². The van der Waals surface area contributed by atoms with Gasteiger partial charge in [0.25, 0.3) is 0 Å². The van der Waals surface area contributed by atoms with Gasteiger partial charge in [0.05, 0.1) is 11.6 Å². The molecule has 84 valence electrons. The van der Waals surface area contributed by atoms with Gasteiger partial charge in [0.15, 0.2) is 5.65 Å². The number of aromatic nitrogens is 4. The van der Waals surface area contributed by atoms with E-state index in [1.165, 1.54) is 0 Å². The van der Waals surface area contributed by atoms with Crippen molar-refractivity contribution in [3.8, 4) is 0 Å². The summed E-state index contributed by atoms with van der Waals surface area (Å²) in [4.78, 5) is 10.7. The van der Waals surface area contributed by atoms with Gasteiger partial charge >= 0.3 is 0 Å². The number of rotatable bonds is 1. The Morgan fingerprint density at radius 1 is 1.31 bits per heavy atom. The Labute approximate surface area is 96.6 Å². The van der Waals surface area contributed by atoms with Crippen molar-refractivity contribution in [1.82, 2.24) is 20.2 Å². The molecule has 0 spiro atoms. The number of thioether (sulfide) groups is 1. The summed E-state index contributed by atoms with van der Waals surface area (Å²) in [6, 6.07) is 0. The summed E-state index contributed by atoms with van der Waals surface area (Å²) < 4.78 is 0. The first-order chi connectivity index (χ1) is 7.84. The van der Waals surface area contributed by atoms with Crippen LogP contribution < -0.4 is 10.6 Å². The SMILES string of the molecule is Nc1nc(N2CCSCC2)c2cn[nH]c2n1. The summed E-state index contributed by atoms with van der Waals surface area (Å²) >= 11 is 1.97. The quantitative estimate of drug-likeness (QED) is 0.749. The Morgan fingerprint density at radius 2 is 2.12 bits per heavy atom. The molecule has 0 bridgehead atoms. The lowest BCUT2D eigenvalue weighted by atomic mass is 10.3. The molecule has 3 rings (SSSR count). The van der Waals surface area contributed by atoms with Gasteiger partial charge in [-0.1, -0.05) is 0 Å². The molecular formula is C9H12N6S. The van der Waals surface area contributed by atoms with Crippen molar-refractivity contribution >= 4 is 34.6 Å². The number of nitrogens with zero attached hydrogens (tertiary/aromatic N) is 4. The average molecular weight is 236 g/mol. The fourth-order valence-electron chi connectivity index (χ4n) is 1.85. The van der Waals surface area contributed by atoms with Crippen LogP contribution >= 0.6 is 11.8 Å². The summed E-state index contributed by atoms with van der Waals surface area (Å²) in [7, 11) is 0. The number of nitrogen functional groups attached to an aromatic ring is 1. The van der Waals surface area contributed by atoms with Crippen molar-refractivity contribution in [3.63, 3.8) is 0 Å². The zero-order valence-electron chi connectivity index (χ0n) is 8.68. The lowest BCUT2D eigenvalue weighted by molar-refractivity contribution is 0.843. The van der Waals surface area contributed by atoms with Crippen molar-refractivity contribution in [3.05, 3.63) is 6.20 Å². The molecule has 0 unspecified atom stereocenters. The third-order valence-corrected chi connectivity index (χ3v) is 3.56. The van der Waals surface area contributed by atoms with E-state index in [9.17, 15) is 0 Å². The van der Waals surface area contributed by atoms with E-state index in [0.717, 1.165) is 35.8 Å². The maximum Gasteiger partial charge on any atom is 0.224 e. The van der Waals surface area contributed by atoms with Crippen molar-refractivity contribution < 1.29 is 0 Å². The second-order valence-corrected chi connectivity index (χ2v) is 4.86. The van der Waals surface area contributed by atoms with Gasteiger partial charge in [-0.15, -0.1) is 0 Å². The minimum Gasteiger partial charge on any atom is -0.368 e. The summed E-state index contributed by atoms with van der Waals surface area (Å²) in [6.45, 7) is 2.00. The van der Waals surface area contributed by atoms with Gasteiger partial charge in [-0.3, -0.25) is 5.10 Å². The minimum absolute atomic E-state index is 0.296. The number of aromatic amines is 1. The molecule has 2 aromatic heterocycles. The number of anilines is 2. The molecular weight excluding hydrogens is 224 g/mol. The van der Waals surface area contributed by atoms with Crippen molar-refractivity contribution in [2.45, 2.75) is 0 Å². The highest BCUT2D eigenvalue weighted by molar-refractivity contribution is 7.99. The molecule has 1 fully saturated rings. The molecule has 1 aliphatic heterocycles. The number of H-pyrrole nitrogens is 1. The minimum atomic E-state index is 0.296. The Morgan fingerprint density at radius 3 is 2.94 bits per heavy atom. The predicted molar refractivity (Wildman–Crippen MR) is 65.6 cm³/mol. The highest BCUT2D eigenvalue weighted by Crippen LogP contribution is 2.25. The number of nitrogens with one attached hydrogen (secondary N) is 1. The fraction of sp³-hybridized carbons (Fsp3) is 0.444. The van der Waals surface area contributed by atoms with Crippen LogP contribution in [0.25, 0.3) is 11.0 Å². The third kappa shape index (κ3) is 1.57. The molecule has 0 saturated carbocycles. The van der Waals surface area contributed by atoms with Gasteiger partial charge in [0, 0.05) is 24.6 Å². The van der Waals surface area contributed by atoms with Gasteiger partial charge in [-0.25, -0.2) is 0 Å². The first-order valence-corrected chi connectivity index (χ1v) is 6.29. The van der Waals surface area contributed by atoms with Gasteiger partial charge in [-0.2, -0.15) is 26.8 Å². The molecule has 16 heavy (non-hydrogen) atoms. The van der Waals surface area contributed by atoms with Gasteiger partial charge in [-0.05, 0) is 0 Å². The Kier molecular flexibility index (Phi) is 2.32. The van der Waals surface area contributed by atoms with Crippen LogP contribution in [0, 0.1) is 0 Å². The largest absolute Gasteiger partial charge is 0.368 e. The van der Waals surface area contributed by atoms with E-state index in [0.29, 0.717) is 11.6 Å². The first-order valence-electron chi connectivity index (χ1n) is 5.14. The lowest BCUT2D eigenvalue weighted by Gasteiger charge is -2.27. The van der Waals surface area contributed by atoms with Crippen LogP contribution in [-0.4, -0.2) is 44.8 Å². The van der Waals surface area contributed by atoms with Crippen LogP contribution in [0.15, 0.2) is 6.20 Å². The summed E-state index contributed by atoms with van der Waals surface area (Å²) in [5, 5.41) is 7.76. The predicted octanol–water partition coefficient (Wildman–Crippen LogP) is 0.488. The molecule has 3 heterocycles. The topological polar surface area (TPSA) is 83.7 Å². The first kappa shape index (κ1) is 9.71. The normalized spacial score (nSPS) is 16.9. The standard InChI is InChI=1S/C9H12N6S/c10-9-12-7-6(5-11-14-7)8(13-9)15-1-3-16-4-2-15/h5H,1-4H2,(H3,10,11,12,13,14). The Balaban J connectivity index is 2.09. The molecule has 2 aromatic rings. The lowest BCUT2D eigenvalue weighted by Crippen LogP contribution is -2.33. The summed E-state index contributed by atoms with van der Waals surface area (Å²) in [5.41, 5.74) is 6.40. The van der Waals surface area contributed by atoms with E-state index in [1.54, 1.807) is 6.20 Å². The Hall–Kier alpha value is -1.50. The average Bonchev–Trinajstić information content (AvgIpc) is 2.77. The maximum absolute atomic E-state index is 5.69. The molecule has 0 atom stereocenters. The molecule has 1 aliphatic rings. The number of hydrogen-bond donors (Lipinski definition) is 2. The highest BCUT2D eigenvalue weighted by Gasteiger charge is 2.17. The summed E-state index contributed by atoms with van der Waals surface area (Å²) in [6.07, 6.45) is 1.76. The van der Waals surface area contributed by atoms with Crippen LogP contribution in [0.3, 0.4) is 0 Å². The van der Waals surface area contributed by atoms with E-state index in [1.807, 2.05) is 11.8 Å². The number of nitrogens with two attached hydrogens (primary N) is 1. The molecule has 0 aromatic carbocycles. The van der Waals surface area contributed by atoms with E-state index >= 15 is 0 Å². The van der Waals surface area contributed by atoms with Crippen LogP contribution in [0.1, 0.15) is 0 Å². The van der Waals surface area contributed by atoms with E-state index in [4.69, 9.17) is 5.73 Å². The van der Waals surface area contributed by atoms with Crippen molar-refractivity contribution in [1.29, 1.82) is 0 Å². The monoisotopic (exact) mass is 236 g/mol. The van der Waals surface area contributed by atoms with Crippen molar-refractivity contribution in [2.24, 2.45) is 0 Å². The van der Waals surface area contributed by atoms with E-state index in [-0.39, 0.29) is 0 Å². The smallest absolute Gasteiger partial charge is 0.224 e. The molecule has 6 nitrogen and oxygen atoms in total. The van der Waals surface area contributed by atoms with Crippen LogP contribution in [-0.2, 0) is 0 Å². The second-order valence-electron chi connectivity index (χ2n) is 3.64. The van der Waals surface area contributed by atoms with E-state index < -0.39 is 0 Å². The summed E-state index contributed by atoms with van der Waals surface area (Å²) in [5.74, 6) is 3.45. The number of fused-ring (bicyclic) bond motifs is 1. The zero-order chi connectivity index (χ0) is 11.0. The molecule has 7 heteroatoms. The van der Waals surface area contributed by atoms with Crippen LogP contribution in [0.4, 0.5) is 11.8 Å². The second kappa shape index (κ2) is 3.82. The van der Waals surface area contributed by atoms with Gasteiger partial charge in [0.1, 0.15) is 5.82 Å². The fourth-order valence-corrected chi connectivity index (χ4v) is 2.76. The Bertz CT molecular complexity index is 504. The molecule has 0 amide bonds. The zero-order valence-corrected chi connectivity index (χ0v) is 9.50. The van der Waals surface area contributed by atoms with Gasteiger partial charge in [0.2, 0.25) is 5.95 Å².